The Morgan fingerprint density at radius 1 is 1.47 bits per heavy atom. The fraction of sp³-hybridized carbons (Fsp3) is 0.615. The zero-order valence-corrected chi connectivity index (χ0v) is 10.6. The first-order valence-electron chi connectivity index (χ1n) is 6.14. The van der Waals surface area contributed by atoms with Crippen LogP contribution in [0.4, 0.5) is 5.82 Å². The van der Waals surface area contributed by atoms with Crippen LogP contribution in [0.25, 0.3) is 0 Å². The van der Waals surface area contributed by atoms with Crippen molar-refractivity contribution >= 4 is 5.82 Å². The average molecular weight is 235 g/mol. The standard InChI is InChI=1S/C13H21N3O/c1-9-7-10(12(15)16-8-9)11(14)13(2)5-3-4-6-17-13/h7-8,11H,3-6,14H2,1-2H3,(H2,15,16). The van der Waals surface area contributed by atoms with Crippen molar-refractivity contribution in [3.63, 3.8) is 0 Å². The van der Waals surface area contributed by atoms with E-state index in [0.717, 1.165) is 37.0 Å². The zero-order chi connectivity index (χ0) is 12.5. The van der Waals surface area contributed by atoms with Gasteiger partial charge in [-0.3, -0.25) is 0 Å². The van der Waals surface area contributed by atoms with Crippen molar-refractivity contribution in [1.82, 2.24) is 4.98 Å². The van der Waals surface area contributed by atoms with Gasteiger partial charge in [0.1, 0.15) is 5.82 Å². The van der Waals surface area contributed by atoms with Crippen LogP contribution in [0.1, 0.15) is 43.4 Å². The van der Waals surface area contributed by atoms with Crippen molar-refractivity contribution in [2.45, 2.75) is 44.8 Å². The summed E-state index contributed by atoms with van der Waals surface area (Å²) < 4.78 is 5.87. The number of nitrogen functional groups attached to an aromatic ring is 1. The zero-order valence-electron chi connectivity index (χ0n) is 10.6. The molecule has 0 amide bonds. The van der Waals surface area contributed by atoms with Gasteiger partial charge in [0.05, 0.1) is 11.6 Å². The number of ether oxygens (including phenoxy) is 1. The van der Waals surface area contributed by atoms with Crippen molar-refractivity contribution in [2.75, 3.05) is 12.3 Å². The molecule has 2 unspecified atom stereocenters. The summed E-state index contributed by atoms with van der Waals surface area (Å²) in [5.41, 5.74) is 13.9. The average Bonchev–Trinajstić information content (AvgIpc) is 2.32. The Hall–Kier alpha value is -1.13. The van der Waals surface area contributed by atoms with Gasteiger partial charge in [-0.05, 0) is 44.7 Å². The van der Waals surface area contributed by atoms with Crippen molar-refractivity contribution in [3.8, 4) is 0 Å². The SMILES string of the molecule is Cc1cnc(N)c(C(N)C2(C)CCCCO2)c1. The molecule has 0 aliphatic carbocycles. The van der Waals surface area contributed by atoms with E-state index in [2.05, 4.69) is 11.9 Å². The Kier molecular flexibility index (Phi) is 3.35. The molecule has 1 aliphatic rings. The smallest absolute Gasteiger partial charge is 0.128 e. The van der Waals surface area contributed by atoms with E-state index < -0.39 is 0 Å². The topological polar surface area (TPSA) is 74.2 Å². The fourth-order valence-corrected chi connectivity index (χ4v) is 2.38. The summed E-state index contributed by atoms with van der Waals surface area (Å²) in [6.45, 7) is 4.84. The second kappa shape index (κ2) is 4.63. The van der Waals surface area contributed by atoms with Crippen molar-refractivity contribution < 1.29 is 4.74 Å². The number of pyridine rings is 1. The van der Waals surface area contributed by atoms with Crippen LogP contribution in [0.5, 0.6) is 0 Å². The first-order chi connectivity index (χ1) is 8.03. The first kappa shape index (κ1) is 12.3. The van der Waals surface area contributed by atoms with Crippen molar-refractivity contribution in [1.29, 1.82) is 0 Å². The monoisotopic (exact) mass is 235 g/mol. The summed E-state index contributed by atoms with van der Waals surface area (Å²) >= 11 is 0. The highest BCUT2D eigenvalue weighted by molar-refractivity contribution is 5.44. The molecule has 2 atom stereocenters. The molecule has 0 bridgehead atoms. The van der Waals surface area contributed by atoms with Gasteiger partial charge >= 0.3 is 0 Å². The molecule has 1 aromatic heterocycles. The molecule has 2 rings (SSSR count). The summed E-state index contributed by atoms with van der Waals surface area (Å²) in [4.78, 5) is 4.17. The molecule has 4 heteroatoms. The molecule has 1 aliphatic heterocycles. The summed E-state index contributed by atoms with van der Waals surface area (Å²) in [5, 5.41) is 0. The second-order valence-corrected chi connectivity index (χ2v) is 5.08. The lowest BCUT2D eigenvalue weighted by atomic mass is 9.84. The van der Waals surface area contributed by atoms with Gasteiger partial charge in [-0.25, -0.2) is 4.98 Å². The van der Waals surface area contributed by atoms with Crippen LogP contribution in [0, 0.1) is 6.92 Å². The number of hydrogen-bond acceptors (Lipinski definition) is 4. The third kappa shape index (κ3) is 2.42. The summed E-state index contributed by atoms with van der Waals surface area (Å²) in [5.74, 6) is 0.512. The highest BCUT2D eigenvalue weighted by Crippen LogP contribution is 2.36. The van der Waals surface area contributed by atoms with Crippen LogP contribution < -0.4 is 11.5 Å². The predicted molar refractivity (Wildman–Crippen MR) is 68.5 cm³/mol. The first-order valence-corrected chi connectivity index (χ1v) is 6.14. The number of anilines is 1. The normalized spacial score (nSPS) is 26.8. The highest BCUT2D eigenvalue weighted by atomic mass is 16.5. The van der Waals surface area contributed by atoms with E-state index in [1.54, 1.807) is 6.20 Å². The largest absolute Gasteiger partial charge is 0.383 e. The predicted octanol–water partition coefficient (Wildman–Crippen LogP) is 1.93. The van der Waals surface area contributed by atoms with Gasteiger partial charge in [0.25, 0.3) is 0 Å². The Bertz CT molecular complexity index is 400. The third-order valence-corrected chi connectivity index (χ3v) is 3.58. The molecule has 0 saturated carbocycles. The van der Waals surface area contributed by atoms with Gasteiger partial charge < -0.3 is 16.2 Å². The Morgan fingerprint density at radius 3 is 2.88 bits per heavy atom. The molecular formula is C13H21N3O. The molecule has 0 spiro atoms. The lowest BCUT2D eigenvalue weighted by molar-refractivity contribution is -0.0820. The third-order valence-electron chi connectivity index (χ3n) is 3.58. The molecule has 1 fully saturated rings. The fourth-order valence-electron chi connectivity index (χ4n) is 2.38. The van der Waals surface area contributed by atoms with Crippen molar-refractivity contribution in [3.05, 3.63) is 23.4 Å². The molecule has 0 radical (unpaired) electrons. The molecular weight excluding hydrogens is 214 g/mol. The number of hydrogen-bond donors (Lipinski definition) is 2. The molecule has 4 N–H and O–H groups in total. The summed E-state index contributed by atoms with van der Waals surface area (Å²) in [7, 11) is 0. The molecule has 17 heavy (non-hydrogen) atoms. The van der Waals surface area contributed by atoms with Crippen LogP contribution in [0.15, 0.2) is 12.3 Å². The molecule has 94 valence electrons. The van der Waals surface area contributed by atoms with Crippen LogP contribution >= 0.6 is 0 Å². The van der Waals surface area contributed by atoms with Crippen LogP contribution in [0.3, 0.4) is 0 Å². The van der Waals surface area contributed by atoms with E-state index in [1.807, 2.05) is 13.0 Å². The van der Waals surface area contributed by atoms with Crippen LogP contribution in [-0.2, 0) is 4.74 Å². The van der Waals surface area contributed by atoms with E-state index in [4.69, 9.17) is 16.2 Å². The van der Waals surface area contributed by atoms with E-state index >= 15 is 0 Å². The minimum Gasteiger partial charge on any atom is -0.383 e. The number of aromatic nitrogens is 1. The van der Waals surface area contributed by atoms with Gasteiger partial charge in [0, 0.05) is 18.4 Å². The molecule has 4 nitrogen and oxygen atoms in total. The van der Waals surface area contributed by atoms with Gasteiger partial charge in [-0.15, -0.1) is 0 Å². The number of rotatable bonds is 2. The number of nitrogens with two attached hydrogens (primary N) is 2. The van der Waals surface area contributed by atoms with Gasteiger partial charge in [0.15, 0.2) is 0 Å². The maximum Gasteiger partial charge on any atom is 0.128 e. The van der Waals surface area contributed by atoms with E-state index in [1.165, 1.54) is 0 Å². The lowest BCUT2D eigenvalue weighted by Crippen LogP contribution is -2.43. The molecule has 1 saturated heterocycles. The van der Waals surface area contributed by atoms with Gasteiger partial charge in [-0.1, -0.05) is 0 Å². The summed E-state index contributed by atoms with van der Waals surface area (Å²) in [6.07, 6.45) is 5.00. The van der Waals surface area contributed by atoms with Crippen molar-refractivity contribution in [2.24, 2.45) is 5.73 Å². The van der Waals surface area contributed by atoms with Gasteiger partial charge in [0.2, 0.25) is 0 Å². The highest BCUT2D eigenvalue weighted by Gasteiger charge is 2.36. The Morgan fingerprint density at radius 2 is 2.24 bits per heavy atom. The summed E-state index contributed by atoms with van der Waals surface area (Å²) in [6, 6.07) is 1.80. The van der Waals surface area contributed by atoms with E-state index in [9.17, 15) is 0 Å². The van der Waals surface area contributed by atoms with Gasteiger partial charge in [-0.2, -0.15) is 0 Å². The minimum absolute atomic E-state index is 0.213. The maximum atomic E-state index is 6.33. The van der Waals surface area contributed by atoms with E-state index in [0.29, 0.717) is 5.82 Å². The lowest BCUT2D eigenvalue weighted by Gasteiger charge is -2.39. The number of aryl methyl sites for hydroxylation is 1. The molecule has 0 aromatic carbocycles. The van der Waals surface area contributed by atoms with E-state index in [-0.39, 0.29) is 11.6 Å². The Balaban J connectivity index is 2.29. The van der Waals surface area contributed by atoms with Crippen LogP contribution in [-0.4, -0.2) is 17.2 Å². The Labute approximate surface area is 102 Å². The minimum atomic E-state index is -0.318. The molecule has 1 aromatic rings. The maximum absolute atomic E-state index is 6.33. The quantitative estimate of drug-likeness (QED) is 0.821. The number of nitrogens with zero attached hydrogens (tertiary/aromatic N) is 1. The molecule has 2 heterocycles. The second-order valence-electron chi connectivity index (χ2n) is 5.08. The van der Waals surface area contributed by atoms with Crippen LogP contribution in [0.2, 0.25) is 0 Å².